The lowest BCUT2D eigenvalue weighted by Gasteiger charge is -2.21. The van der Waals surface area contributed by atoms with Crippen LogP contribution in [0.15, 0.2) is 48.5 Å². The monoisotopic (exact) mass is 286 g/mol. The van der Waals surface area contributed by atoms with E-state index < -0.39 is 17.6 Å². The number of anilines is 1. The molecule has 0 saturated carbocycles. The number of benzene rings is 2. The van der Waals surface area contributed by atoms with Gasteiger partial charge < -0.3 is 10.6 Å². The Morgan fingerprint density at radius 2 is 1.86 bits per heavy atom. The Hall–Kier alpha value is -2.69. The van der Waals surface area contributed by atoms with Gasteiger partial charge in [-0.15, -0.1) is 0 Å². The van der Waals surface area contributed by atoms with Crippen LogP contribution in [0.25, 0.3) is 0 Å². The van der Waals surface area contributed by atoms with Gasteiger partial charge in [0, 0.05) is 17.8 Å². The minimum Gasteiger partial charge on any atom is -0.366 e. The van der Waals surface area contributed by atoms with Gasteiger partial charge in [-0.05, 0) is 37.3 Å². The van der Waals surface area contributed by atoms with Crippen molar-refractivity contribution in [2.24, 2.45) is 5.73 Å². The minimum absolute atomic E-state index is 0.0103. The number of carbonyl (C=O) groups is 2. The van der Waals surface area contributed by atoms with Gasteiger partial charge in [-0.2, -0.15) is 0 Å². The Labute approximate surface area is 122 Å². The molecule has 4 nitrogen and oxygen atoms in total. The van der Waals surface area contributed by atoms with Crippen molar-refractivity contribution in [1.29, 1.82) is 0 Å². The molecule has 2 aromatic carbocycles. The number of amides is 2. The van der Waals surface area contributed by atoms with E-state index in [9.17, 15) is 14.0 Å². The van der Waals surface area contributed by atoms with Crippen LogP contribution in [0.1, 0.15) is 27.6 Å². The molecular formula is C16H15FN2O2. The fraction of sp³-hybridized carbons (Fsp3) is 0.125. The number of nitrogens with two attached hydrogens (primary N) is 1. The van der Waals surface area contributed by atoms with Crippen molar-refractivity contribution in [1.82, 2.24) is 0 Å². The maximum Gasteiger partial charge on any atom is 0.261 e. The van der Waals surface area contributed by atoms with Gasteiger partial charge >= 0.3 is 0 Å². The van der Waals surface area contributed by atoms with Crippen LogP contribution < -0.4 is 10.6 Å². The van der Waals surface area contributed by atoms with Crippen LogP contribution in [0.4, 0.5) is 10.1 Å². The first-order valence-corrected chi connectivity index (χ1v) is 6.51. The quantitative estimate of drug-likeness (QED) is 0.939. The van der Waals surface area contributed by atoms with Crippen molar-refractivity contribution in [3.63, 3.8) is 0 Å². The molecule has 0 saturated heterocycles. The molecule has 0 aliphatic rings. The molecule has 5 heteroatoms. The van der Waals surface area contributed by atoms with E-state index in [1.165, 1.54) is 29.2 Å². The molecule has 0 aromatic heterocycles. The summed E-state index contributed by atoms with van der Waals surface area (Å²) in [6.45, 7) is 2.12. The Balaban J connectivity index is 2.40. The molecule has 0 bridgehead atoms. The highest BCUT2D eigenvalue weighted by Crippen LogP contribution is 2.20. The summed E-state index contributed by atoms with van der Waals surface area (Å²) in [7, 11) is 0. The summed E-state index contributed by atoms with van der Waals surface area (Å²) >= 11 is 0. The summed E-state index contributed by atoms with van der Waals surface area (Å²) in [5.41, 5.74) is 6.02. The topological polar surface area (TPSA) is 63.4 Å². The number of carbonyl (C=O) groups excluding carboxylic acids is 2. The first-order chi connectivity index (χ1) is 10.0. The van der Waals surface area contributed by atoms with Crippen LogP contribution in [0, 0.1) is 5.82 Å². The highest BCUT2D eigenvalue weighted by molar-refractivity contribution is 6.06. The number of primary amides is 1. The molecule has 0 radical (unpaired) electrons. The van der Waals surface area contributed by atoms with Crippen LogP contribution in [-0.2, 0) is 0 Å². The minimum atomic E-state index is -0.578. The molecule has 2 rings (SSSR count). The molecule has 21 heavy (non-hydrogen) atoms. The maximum atomic E-state index is 13.7. The Kier molecular flexibility index (Phi) is 4.33. The standard InChI is InChI=1S/C16H15FN2O2/c1-2-19(12-7-5-6-11(10-12)15(18)20)16(21)13-8-3-4-9-14(13)17/h3-10H,2H2,1H3,(H2,18,20). The number of rotatable bonds is 4. The highest BCUT2D eigenvalue weighted by atomic mass is 19.1. The molecule has 0 heterocycles. The van der Waals surface area contributed by atoms with E-state index >= 15 is 0 Å². The average molecular weight is 286 g/mol. The van der Waals surface area contributed by atoms with Gasteiger partial charge in [-0.25, -0.2) is 4.39 Å². The van der Waals surface area contributed by atoms with Gasteiger partial charge in [0.2, 0.25) is 5.91 Å². The fourth-order valence-corrected chi connectivity index (χ4v) is 2.05. The molecule has 2 aromatic rings. The van der Waals surface area contributed by atoms with Gasteiger partial charge in [0.05, 0.1) is 5.56 Å². The normalized spacial score (nSPS) is 10.2. The number of halogens is 1. The molecule has 0 aliphatic carbocycles. The average Bonchev–Trinajstić information content (AvgIpc) is 2.48. The molecule has 0 unspecified atom stereocenters. The van der Waals surface area contributed by atoms with E-state index in [-0.39, 0.29) is 5.56 Å². The molecule has 0 spiro atoms. The second kappa shape index (κ2) is 6.17. The van der Waals surface area contributed by atoms with E-state index in [0.29, 0.717) is 17.8 Å². The molecular weight excluding hydrogens is 271 g/mol. The number of hydrogen-bond acceptors (Lipinski definition) is 2. The molecule has 0 aliphatic heterocycles. The summed E-state index contributed by atoms with van der Waals surface area (Å²) in [4.78, 5) is 25.1. The van der Waals surface area contributed by atoms with E-state index in [2.05, 4.69) is 0 Å². The van der Waals surface area contributed by atoms with Crippen LogP contribution in [0.3, 0.4) is 0 Å². The summed E-state index contributed by atoms with van der Waals surface area (Å²) in [5.74, 6) is -1.62. The van der Waals surface area contributed by atoms with Gasteiger partial charge in [0.15, 0.2) is 0 Å². The second-order valence-electron chi connectivity index (χ2n) is 4.44. The third-order valence-corrected chi connectivity index (χ3v) is 3.11. The fourth-order valence-electron chi connectivity index (χ4n) is 2.05. The van der Waals surface area contributed by atoms with Crippen molar-refractivity contribution >= 4 is 17.5 Å². The van der Waals surface area contributed by atoms with Crippen molar-refractivity contribution in [3.05, 3.63) is 65.5 Å². The van der Waals surface area contributed by atoms with Crippen molar-refractivity contribution in [3.8, 4) is 0 Å². The summed E-state index contributed by atoms with van der Waals surface area (Å²) in [6.07, 6.45) is 0. The third-order valence-electron chi connectivity index (χ3n) is 3.11. The molecule has 0 fully saturated rings. The van der Waals surface area contributed by atoms with Crippen LogP contribution in [0.5, 0.6) is 0 Å². The Bertz CT molecular complexity index is 685. The molecule has 0 atom stereocenters. The van der Waals surface area contributed by atoms with Crippen LogP contribution in [-0.4, -0.2) is 18.4 Å². The van der Waals surface area contributed by atoms with E-state index in [1.807, 2.05) is 0 Å². The van der Waals surface area contributed by atoms with E-state index in [0.717, 1.165) is 0 Å². The number of nitrogens with zero attached hydrogens (tertiary/aromatic N) is 1. The van der Waals surface area contributed by atoms with Gasteiger partial charge in [0.1, 0.15) is 5.82 Å². The zero-order chi connectivity index (χ0) is 15.4. The lowest BCUT2D eigenvalue weighted by atomic mass is 10.1. The maximum absolute atomic E-state index is 13.7. The smallest absolute Gasteiger partial charge is 0.261 e. The summed E-state index contributed by atoms with van der Waals surface area (Å²) in [6, 6.07) is 12.2. The lowest BCUT2D eigenvalue weighted by molar-refractivity contribution is 0.0978. The molecule has 108 valence electrons. The van der Waals surface area contributed by atoms with Gasteiger partial charge in [0.25, 0.3) is 5.91 Å². The largest absolute Gasteiger partial charge is 0.366 e. The zero-order valence-electron chi connectivity index (χ0n) is 11.5. The second-order valence-corrected chi connectivity index (χ2v) is 4.44. The Morgan fingerprint density at radius 3 is 2.48 bits per heavy atom. The van der Waals surface area contributed by atoms with Gasteiger partial charge in [-0.1, -0.05) is 18.2 Å². The Morgan fingerprint density at radius 1 is 1.14 bits per heavy atom. The van der Waals surface area contributed by atoms with Crippen molar-refractivity contribution in [2.45, 2.75) is 6.92 Å². The predicted molar refractivity (Wildman–Crippen MR) is 78.7 cm³/mol. The predicted octanol–water partition coefficient (Wildman–Crippen LogP) is 2.59. The van der Waals surface area contributed by atoms with E-state index in [4.69, 9.17) is 5.73 Å². The molecule has 2 amide bonds. The summed E-state index contributed by atoms with van der Waals surface area (Å²) < 4.78 is 13.7. The van der Waals surface area contributed by atoms with Crippen molar-refractivity contribution in [2.75, 3.05) is 11.4 Å². The zero-order valence-corrected chi connectivity index (χ0v) is 11.5. The van der Waals surface area contributed by atoms with Crippen LogP contribution >= 0.6 is 0 Å². The van der Waals surface area contributed by atoms with Crippen molar-refractivity contribution < 1.29 is 14.0 Å². The number of hydrogen-bond donors (Lipinski definition) is 1. The van der Waals surface area contributed by atoms with E-state index in [1.54, 1.807) is 31.2 Å². The first kappa shape index (κ1) is 14.7. The summed E-state index contributed by atoms with van der Waals surface area (Å²) in [5, 5.41) is 0. The SMILES string of the molecule is CCN(C(=O)c1ccccc1F)c1cccc(C(N)=O)c1. The lowest BCUT2D eigenvalue weighted by Crippen LogP contribution is -2.31. The first-order valence-electron chi connectivity index (χ1n) is 6.51. The highest BCUT2D eigenvalue weighted by Gasteiger charge is 2.19. The third kappa shape index (κ3) is 3.08. The van der Waals surface area contributed by atoms with Crippen LogP contribution in [0.2, 0.25) is 0 Å². The van der Waals surface area contributed by atoms with Gasteiger partial charge in [-0.3, -0.25) is 9.59 Å². The molecule has 2 N–H and O–H groups in total.